The zero-order chi connectivity index (χ0) is 24.6. The number of carbonyl (C=O) groups is 1. The summed E-state index contributed by atoms with van der Waals surface area (Å²) in [6.45, 7) is 7.89. The second kappa shape index (κ2) is 9.28. The maximum atomic E-state index is 13.4. The Bertz CT molecular complexity index is 1430. The topological polar surface area (TPSA) is 56.5 Å². The lowest BCUT2D eigenvalue weighted by atomic mass is 9.86. The quantitative estimate of drug-likeness (QED) is 0.267. The number of rotatable bonds is 5. The molecule has 34 heavy (non-hydrogen) atoms. The van der Waals surface area contributed by atoms with E-state index in [-0.39, 0.29) is 34.7 Å². The second-order valence-electron chi connectivity index (χ2n) is 9.23. The zero-order valence-corrected chi connectivity index (χ0v) is 20.9. The van der Waals surface area contributed by atoms with Crippen LogP contribution in [0.1, 0.15) is 42.3 Å². The number of halogens is 2. The first-order valence-corrected chi connectivity index (χ1v) is 11.6. The number of fused-ring (bicyclic) bond motifs is 1. The molecule has 0 spiro atoms. The molecule has 0 aliphatic carbocycles. The van der Waals surface area contributed by atoms with Gasteiger partial charge in [-0.15, -0.1) is 0 Å². The third-order valence-electron chi connectivity index (χ3n) is 5.66. The maximum absolute atomic E-state index is 13.4. The van der Waals surface area contributed by atoms with Crippen LogP contribution in [0.4, 0.5) is 0 Å². The van der Waals surface area contributed by atoms with Gasteiger partial charge in [-0.05, 0) is 59.9 Å². The smallest absolute Gasteiger partial charge is 0.235 e. The number of benzene rings is 3. The standard InChI is InChI=1S/C28H24Cl2O4/c1-16-13-24-21(14-22(16)30)25(32)27(33-15-23(31)17-7-11-20(29)12-8-17)26(34-24)18-5-9-19(10-6-18)28(2,3)4/h5-14H,15H2,1-4H3. The van der Waals surface area contributed by atoms with Gasteiger partial charge in [0.05, 0.1) is 5.39 Å². The molecule has 0 fully saturated rings. The highest BCUT2D eigenvalue weighted by Crippen LogP contribution is 2.34. The van der Waals surface area contributed by atoms with E-state index in [4.69, 9.17) is 32.4 Å². The number of Topliss-reactive ketones (excluding diaryl/α,β-unsaturated/α-hetero) is 1. The van der Waals surface area contributed by atoms with Gasteiger partial charge in [-0.3, -0.25) is 9.59 Å². The van der Waals surface area contributed by atoms with Crippen LogP contribution >= 0.6 is 23.2 Å². The summed E-state index contributed by atoms with van der Waals surface area (Å²) in [5.74, 6) is -0.0473. The molecule has 0 radical (unpaired) electrons. The summed E-state index contributed by atoms with van der Waals surface area (Å²) in [5, 5.41) is 1.27. The van der Waals surface area contributed by atoms with Gasteiger partial charge in [-0.25, -0.2) is 0 Å². The minimum atomic E-state index is -0.387. The van der Waals surface area contributed by atoms with Crippen LogP contribution in [0.15, 0.2) is 69.9 Å². The van der Waals surface area contributed by atoms with Crippen LogP contribution < -0.4 is 10.2 Å². The normalized spacial score (nSPS) is 11.6. The Labute approximate surface area is 208 Å². The van der Waals surface area contributed by atoms with Crippen molar-refractivity contribution in [1.29, 1.82) is 0 Å². The Morgan fingerprint density at radius 2 is 1.62 bits per heavy atom. The van der Waals surface area contributed by atoms with E-state index in [0.717, 1.165) is 11.1 Å². The van der Waals surface area contributed by atoms with Gasteiger partial charge >= 0.3 is 0 Å². The average molecular weight is 495 g/mol. The molecule has 0 saturated heterocycles. The van der Waals surface area contributed by atoms with E-state index in [1.807, 2.05) is 31.2 Å². The first-order valence-electron chi connectivity index (χ1n) is 10.8. The zero-order valence-electron chi connectivity index (χ0n) is 19.4. The van der Waals surface area contributed by atoms with E-state index in [1.54, 1.807) is 36.4 Å². The Kier molecular flexibility index (Phi) is 6.57. The fourth-order valence-corrected chi connectivity index (χ4v) is 3.89. The Morgan fingerprint density at radius 1 is 0.971 bits per heavy atom. The molecule has 1 heterocycles. The van der Waals surface area contributed by atoms with Crippen LogP contribution in [0.25, 0.3) is 22.3 Å². The van der Waals surface area contributed by atoms with Crippen molar-refractivity contribution in [3.63, 3.8) is 0 Å². The van der Waals surface area contributed by atoms with Gasteiger partial charge in [0.25, 0.3) is 0 Å². The number of hydrogen-bond donors (Lipinski definition) is 0. The van der Waals surface area contributed by atoms with Crippen molar-refractivity contribution >= 4 is 40.0 Å². The van der Waals surface area contributed by atoms with E-state index >= 15 is 0 Å². The highest BCUT2D eigenvalue weighted by atomic mass is 35.5. The molecule has 0 N–H and O–H groups in total. The summed E-state index contributed by atoms with van der Waals surface area (Å²) in [4.78, 5) is 26.1. The van der Waals surface area contributed by atoms with Gasteiger partial charge in [0.1, 0.15) is 5.58 Å². The minimum Gasteiger partial charge on any atom is -0.478 e. The van der Waals surface area contributed by atoms with Crippen molar-refractivity contribution in [2.24, 2.45) is 0 Å². The van der Waals surface area contributed by atoms with Gasteiger partial charge in [0, 0.05) is 21.2 Å². The van der Waals surface area contributed by atoms with Crippen molar-refractivity contribution in [2.75, 3.05) is 6.61 Å². The molecule has 0 amide bonds. The van der Waals surface area contributed by atoms with Gasteiger partial charge < -0.3 is 9.15 Å². The van der Waals surface area contributed by atoms with E-state index in [1.165, 1.54) is 0 Å². The van der Waals surface area contributed by atoms with Gasteiger partial charge in [-0.2, -0.15) is 0 Å². The van der Waals surface area contributed by atoms with Crippen LogP contribution in [0, 0.1) is 6.92 Å². The second-order valence-corrected chi connectivity index (χ2v) is 10.1. The first-order chi connectivity index (χ1) is 16.0. The largest absolute Gasteiger partial charge is 0.478 e. The Hall–Kier alpha value is -3.08. The molecule has 3 aromatic carbocycles. The lowest BCUT2D eigenvalue weighted by Gasteiger charge is -2.19. The Balaban J connectivity index is 1.80. The van der Waals surface area contributed by atoms with Crippen molar-refractivity contribution < 1.29 is 13.9 Å². The average Bonchev–Trinajstić information content (AvgIpc) is 2.79. The summed E-state index contributed by atoms with van der Waals surface area (Å²) in [6, 6.07) is 17.6. The number of aryl methyl sites for hydroxylation is 1. The molecule has 0 atom stereocenters. The van der Waals surface area contributed by atoms with Crippen LogP contribution in [0.3, 0.4) is 0 Å². The van der Waals surface area contributed by atoms with Crippen LogP contribution in [-0.4, -0.2) is 12.4 Å². The molecule has 0 saturated carbocycles. The fraction of sp³-hybridized carbons (Fsp3) is 0.214. The van der Waals surface area contributed by atoms with Crippen LogP contribution in [0.5, 0.6) is 5.75 Å². The number of carbonyl (C=O) groups excluding carboxylic acids is 1. The van der Waals surface area contributed by atoms with Gasteiger partial charge in [0.2, 0.25) is 11.2 Å². The molecule has 4 rings (SSSR count). The summed E-state index contributed by atoms with van der Waals surface area (Å²) >= 11 is 12.2. The molecule has 1 aromatic heterocycles. The first kappa shape index (κ1) is 24.1. The maximum Gasteiger partial charge on any atom is 0.235 e. The van der Waals surface area contributed by atoms with E-state index < -0.39 is 0 Å². The van der Waals surface area contributed by atoms with Crippen LogP contribution in [0.2, 0.25) is 10.0 Å². The molecule has 0 aliphatic heterocycles. The van der Waals surface area contributed by atoms with Crippen molar-refractivity contribution in [1.82, 2.24) is 0 Å². The Morgan fingerprint density at radius 3 is 2.24 bits per heavy atom. The third kappa shape index (κ3) is 4.89. The molecule has 174 valence electrons. The third-order valence-corrected chi connectivity index (χ3v) is 6.32. The lowest BCUT2D eigenvalue weighted by Crippen LogP contribution is -2.17. The molecular weight excluding hydrogens is 471 g/mol. The highest BCUT2D eigenvalue weighted by Gasteiger charge is 2.21. The molecule has 0 aliphatic rings. The predicted octanol–water partition coefficient (Wildman–Crippen LogP) is 7.63. The van der Waals surface area contributed by atoms with Gasteiger partial charge in [-0.1, -0.05) is 68.2 Å². The minimum absolute atomic E-state index is 0.0268. The number of ketones is 1. The van der Waals surface area contributed by atoms with E-state index in [2.05, 4.69) is 20.8 Å². The summed E-state index contributed by atoms with van der Waals surface area (Å²) in [6.07, 6.45) is 0. The molecule has 4 nitrogen and oxygen atoms in total. The van der Waals surface area contributed by atoms with Crippen molar-refractivity contribution in [3.8, 4) is 17.1 Å². The molecular formula is C28H24Cl2O4. The van der Waals surface area contributed by atoms with Crippen molar-refractivity contribution in [2.45, 2.75) is 33.1 Å². The summed E-state index contributed by atoms with van der Waals surface area (Å²) < 4.78 is 12.0. The monoisotopic (exact) mass is 494 g/mol. The molecule has 0 bridgehead atoms. The van der Waals surface area contributed by atoms with E-state index in [9.17, 15) is 9.59 Å². The van der Waals surface area contributed by atoms with E-state index in [0.29, 0.717) is 32.1 Å². The molecule has 4 aromatic rings. The van der Waals surface area contributed by atoms with Crippen molar-refractivity contribution in [3.05, 3.63) is 97.6 Å². The van der Waals surface area contributed by atoms with Gasteiger partial charge in [0.15, 0.2) is 18.2 Å². The highest BCUT2D eigenvalue weighted by molar-refractivity contribution is 6.32. The molecule has 6 heteroatoms. The summed E-state index contributed by atoms with van der Waals surface area (Å²) in [5.41, 5.74) is 3.03. The SMILES string of the molecule is Cc1cc2oc(-c3ccc(C(C)(C)C)cc3)c(OCC(=O)c3ccc(Cl)cc3)c(=O)c2cc1Cl. The number of ether oxygens (including phenoxy) is 1. The lowest BCUT2D eigenvalue weighted by molar-refractivity contribution is 0.0920. The fourth-order valence-electron chi connectivity index (χ4n) is 3.60. The molecule has 0 unspecified atom stereocenters. The predicted molar refractivity (Wildman–Crippen MR) is 138 cm³/mol. The number of hydrogen-bond acceptors (Lipinski definition) is 4. The summed E-state index contributed by atoms with van der Waals surface area (Å²) in [7, 11) is 0. The van der Waals surface area contributed by atoms with Crippen LogP contribution in [-0.2, 0) is 5.41 Å².